The number of benzene rings is 2. The minimum Gasteiger partial charge on any atom is -0.444 e. The van der Waals surface area contributed by atoms with Gasteiger partial charge in [-0.2, -0.15) is 0 Å². The fourth-order valence-electron chi connectivity index (χ4n) is 5.69. The molecular formula is C39H53N7O9. The van der Waals surface area contributed by atoms with Crippen LogP contribution in [0.1, 0.15) is 59.1 Å². The Balaban J connectivity index is 1.69. The van der Waals surface area contributed by atoms with Gasteiger partial charge in [0.2, 0.25) is 35.9 Å². The summed E-state index contributed by atoms with van der Waals surface area (Å²) >= 11 is 0. The van der Waals surface area contributed by atoms with Crippen molar-refractivity contribution in [3.63, 3.8) is 0 Å². The molecule has 16 nitrogen and oxygen atoms in total. The van der Waals surface area contributed by atoms with Gasteiger partial charge in [-0.3, -0.25) is 33.3 Å². The maximum absolute atomic E-state index is 13.9. The Hall–Kier alpha value is -5.77. The smallest absolute Gasteiger partial charge is 0.408 e. The van der Waals surface area contributed by atoms with Gasteiger partial charge in [0.15, 0.2) is 0 Å². The molecule has 0 bridgehead atoms. The van der Waals surface area contributed by atoms with Crippen molar-refractivity contribution in [1.82, 2.24) is 36.5 Å². The fraction of sp³-hybridized carbons (Fsp3) is 0.462. The van der Waals surface area contributed by atoms with Crippen LogP contribution in [0.15, 0.2) is 60.8 Å². The standard InChI is InChI=1S/C39H53N7O9/c1-24(2)18-29(44-37(53)31(45-38(54)55-39(4,5)6)20-27-22-46(23-48)32-15-11-10-14-28(27)32)36(52)42-25(3)34(50)41-21-33(49)43-30(35(51)40-16-17-47)19-26-12-8-7-9-13-26/h7-15,22-25,29-31,47H,16-21H2,1-6H3,(H,40,51)(H,41,50)(H,42,52)(H,43,49)(H,44,53)(H,45,54)/t25-,29+,30+,31+/m1/s1. The number of amides is 6. The Morgan fingerprint density at radius 3 is 2.04 bits per heavy atom. The quantitative estimate of drug-likeness (QED) is 0.0867. The highest BCUT2D eigenvalue weighted by Gasteiger charge is 2.31. The normalized spacial score (nSPS) is 13.5. The number of aromatic nitrogens is 1. The van der Waals surface area contributed by atoms with E-state index in [1.165, 1.54) is 11.5 Å². The third-order valence-electron chi connectivity index (χ3n) is 8.23. The lowest BCUT2D eigenvalue weighted by Gasteiger charge is -2.26. The van der Waals surface area contributed by atoms with Crippen molar-refractivity contribution in [2.24, 2.45) is 5.92 Å². The molecule has 1 aromatic heterocycles. The summed E-state index contributed by atoms with van der Waals surface area (Å²) in [4.78, 5) is 90.6. The van der Waals surface area contributed by atoms with Crippen molar-refractivity contribution in [1.29, 1.82) is 0 Å². The van der Waals surface area contributed by atoms with Crippen LogP contribution in [0.3, 0.4) is 0 Å². The van der Waals surface area contributed by atoms with Crippen LogP contribution < -0.4 is 31.9 Å². The summed E-state index contributed by atoms with van der Waals surface area (Å²) in [5.41, 5.74) is 1.12. The van der Waals surface area contributed by atoms with Crippen LogP contribution in [-0.2, 0) is 46.3 Å². The second-order valence-electron chi connectivity index (χ2n) is 14.6. The average molecular weight is 764 g/mol. The van der Waals surface area contributed by atoms with Gasteiger partial charge in [0, 0.05) is 31.0 Å². The molecule has 0 aliphatic heterocycles. The third-order valence-corrected chi connectivity index (χ3v) is 8.23. The van der Waals surface area contributed by atoms with Crippen molar-refractivity contribution in [3.8, 4) is 0 Å². The minimum atomic E-state index is -1.22. The van der Waals surface area contributed by atoms with Gasteiger partial charge in [-0.15, -0.1) is 0 Å². The van der Waals surface area contributed by atoms with Crippen LogP contribution in [-0.4, -0.2) is 101 Å². The fourth-order valence-corrected chi connectivity index (χ4v) is 5.69. The van der Waals surface area contributed by atoms with E-state index in [4.69, 9.17) is 9.84 Å². The Bertz CT molecular complexity index is 1800. The summed E-state index contributed by atoms with van der Waals surface area (Å²) in [6, 6.07) is 11.6. The van der Waals surface area contributed by atoms with Crippen LogP contribution in [0.4, 0.5) is 4.79 Å². The SMILES string of the molecule is CC(C)C[C@H](NC(=O)[C@H](Cc1cn(C=O)c2ccccc12)NC(=O)OC(C)(C)C)C(=O)N[C@H](C)C(=O)NCC(=O)N[C@@H](Cc1ccccc1)C(=O)NCCO. The van der Waals surface area contributed by atoms with E-state index in [1.54, 1.807) is 75.5 Å². The van der Waals surface area contributed by atoms with Gasteiger partial charge >= 0.3 is 6.09 Å². The van der Waals surface area contributed by atoms with Gasteiger partial charge < -0.3 is 41.7 Å². The predicted molar refractivity (Wildman–Crippen MR) is 205 cm³/mol. The molecule has 0 radical (unpaired) electrons. The number of hydrogen-bond acceptors (Lipinski definition) is 9. The zero-order chi connectivity index (χ0) is 40.7. The molecule has 7 N–H and O–H groups in total. The van der Waals surface area contributed by atoms with Gasteiger partial charge in [-0.25, -0.2) is 4.79 Å². The maximum atomic E-state index is 13.9. The van der Waals surface area contributed by atoms with Gasteiger partial charge in [0.05, 0.1) is 18.7 Å². The molecule has 0 aliphatic carbocycles. The molecular weight excluding hydrogens is 710 g/mol. The van der Waals surface area contributed by atoms with E-state index < -0.39 is 71.9 Å². The molecule has 0 spiro atoms. The van der Waals surface area contributed by atoms with E-state index in [1.807, 2.05) is 19.9 Å². The van der Waals surface area contributed by atoms with Crippen LogP contribution in [0, 0.1) is 5.92 Å². The lowest BCUT2D eigenvalue weighted by molar-refractivity contribution is -0.133. The highest BCUT2D eigenvalue weighted by Crippen LogP contribution is 2.22. The lowest BCUT2D eigenvalue weighted by Crippen LogP contribution is -2.57. The number of aliphatic hydroxyl groups excluding tert-OH is 1. The molecule has 0 unspecified atom stereocenters. The summed E-state index contributed by atoms with van der Waals surface area (Å²) in [6.45, 7) is 9.36. The number of hydrogen-bond donors (Lipinski definition) is 7. The molecule has 0 saturated carbocycles. The Morgan fingerprint density at radius 2 is 1.40 bits per heavy atom. The number of rotatable bonds is 19. The van der Waals surface area contributed by atoms with E-state index in [0.29, 0.717) is 22.9 Å². The molecule has 3 rings (SSSR count). The zero-order valence-electron chi connectivity index (χ0n) is 32.1. The highest BCUT2D eigenvalue weighted by molar-refractivity contribution is 5.96. The van der Waals surface area contributed by atoms with Gasteiger partial charge in [-0.1, -0.05) is 62.4 Å². The first-order chi connectivity index (χ1) is 26.0. The molecule has 0 saturated heterocycles. The summed E-state index contributed by atoms with van der Waals surface area (Å²) in [7, 11) is 0. The molecule has 0 aliphatic rings. The zero-order valence-corrected chi connectivity index (χ0v) is 32.1. The summed E-state index contributed by atoms with van der Waals surface area (Å²) in [5.74, 6) is -3.31. The van der Waals surface area contributed by atoms with Crippen molar-refractivity contribution >= 4 is 52.9 Å². The molecule has 0 fully saturated rings. The molecule has 6 amide bonds. The largest absolute Gasteiger partial charge is 0.444 e. The maximum Gasteiger partial charge on any atom is 0.408 e. The van der Waals surface area contributed by atoms with Gasteiger partial charge in [0.25, 0.3) is 0 Å². The van der Waals surface area contributed by atoms with E-state index >= 15 is 0 Å². The number of fused-ring (bicyclic) bond motifs is 1. The van der Waals surface area contributed by atoms with Gasteiger partial charge in [0.1, 0.15) is 29.8 Å². The molecule has 298 valence electrons. The van der Waals surface area contributed by atoms with E-state index in [2.05, 4.69) is 31.9 Å². The first-order valence-corrected chi connectivity index (χ1v) is 18.1. The summed E-state index contributed by atoms with van der Waals surface area (Å²) < 4.78 is 6.78. The first-order valence-electron chi connectivity index (χ1n) is 18.1. The minimum absolute atomic E-state index is 0.000134. The highest BCUT2D eigenvalue weighted by atomic mass is 16.6. The summed E-state index contributed by atoms with van der Waals surface area (Å²) in [6.07, 6.45) is 1.66. The molecule has 1 heterocycles. The summed E-state index contributed by atoms with van der Waals surface area (Å²) in [5, 5.41) is 25.3. The number of carbonyl (C=O) groups excluding carboxylic acids is 7. The molecule has 2 aromatic carbocycles. The average Bonchev–Trinajstić information content (AvgIpc) is 3.48. The van der Waals surface area contributed by atoms with Crippen LogP contribution in [0.5, 0.6) is 0 Å². The van der Waals surface area contributed by atoms with E-state index in [0.717, 1.165) is 5.56 Å². The second-order valence-corrected chi connectivity index (χ2v) is 14.6. The topological polar surface area (TPSA) is 226 Å². The number of nitrogens with one attached hydrogen (secondary N) is 6. The monoisotopic (exact) mass is 763 g/mol. The molecule has 55 heavy (non-hydrogen) atoms. The van der Waals surface area contributed by atoms with Crippen LogP contribution in [0.25, 0.3) is 10.9 Å². The van der Waals surface area contributed by atoms with E-state index in [9.17, 15) is 33.6 Å². The second kappa shape index (κ2) is 20.6. The van der Waals surface area contributed by atoms with Gasteiger partial charge in [-0.05, 0) is 57.2 Å². The van der Waals surface area contributed by atoms with Crippen LogP contribution in [0.2, 0.25) is 0 Å². The third kappa shape index (κ3) is 14.2. The van der Waals surface area contributed by atoms with Crippen molar-refractivity contribution in [2.75, 3.05) is 19.7 Å². The molecule has 4 atom stereocenters. The number of nitrogens with zero attached hydrogens (tertiary/aromatic N) is 1. The molecule has 16 heteroatoms. The Labute approximate surface area is 320 Å². The number of ether oxygens (including phenoxy) is 1. The van der Waals surface area contributed by atoms with Crippen molar-refractivity contribution < 1.29 is 43.4 Å². The number of carbonyl (C=O) groups is 7. The number of alkyl carbamates (subject to hydrolysis) is 1. The van der Waals surface area contributed by atoms with Crippen molar-refractivity contribution in [3.05, 3.63) is 71.9 Å². The number of para-hydroxylation sites is 1. The van der Waals surface area contributed by atoms with Crippen LogP contribution >= 0.6 is 0 Å². The predicted octanol–water partition coefficient (Wildman–Crippen LogP) is 1.10. The first kappa shape index (κ1) is 43.6. The Kier molecular flexibility index (Phi) is 16.4. The lowest BCUT2D eigenvalue weighted by atomic mass is 10.0. The number of aliphatic hydroxyl groups is 1. The molecule has 3 aromatic rings. The Morgan fingerprint density at radius 1 is 0.764 bits per heavy atom. The van der Waals surface area contributed by atoms with E-state index in [-0.39, 0.29) is 38.3 Å². The van der Waals surface area contributed by atoms with Crippen molar-refractivity contribution in [2.45, 2.75) is 90.6 Å².